The summed E-state index contributed by atoms with van der Waals surface area (Å²) < 4.78 is 0.956. The quantitative estimate of drug-likeness (QED) is 0.915. The Morgan fingerprint density at radius 3 is 2.90 bits per heavy atom. The van der Waals surface area contributed by atoms with Gasteiger partial charge in [-0.15, -0.1) is 0 Å². The third kappa shape index (κ3) is 2.16. The summed E-state index contributed by atoms with van der Waals surface area (Å²) in [6, 6.07) is 9.94. The molecule has 1 aromatic heterocycles. The van der Waals surface area contributed by atoms with Crippen molar-refractivity contribution in [2.24, 2.45) is 5.41 Å². The number of carboxylic acid groups (broad SMARTS) is 1. The minimum absolute atomic E-state index is 0.505. The van der Waals surface area contributed by atoms with Gasteiger partial charge in [-0.3, -0.25) is 4.79 Å². The highest BCUT2D eigenvalue weighted by atomic mass is 79.9. The Balaban J connectivity index is 1.96. The average molecular weight is 335 g/mol. The van der Waals surface area contributed by atoms with Gasteiger partial charge in [0.25, 0.3) is 0 Å². The van der Waals surface area contributed by atoms with Crippen LogP contribution >= 0.6 is 15.9 Å². The number of anilines is 1. The number of carbonyl (C=O) groups is 1. The van der Waals surface area contributed by atoms with Crippen molar-refractivity contribution in [2.45, 2.75) is 13.3 Å². The van der Waals surface area contributed by atoms with E-state index in [1.165, 1.54) is 0 Å². The van der Waals surface area contributed by atoms with Gasteiger partial charge >= 0.3 is 5.97 Å². The van der Waals surface area contributed by atoms with E-state index in [0.29, 0.717) is 13.0 Å². The minimum atomic E-state index is -0.734. The van der Waals surface area contributed by atoms with Crippen LogP contribution < -0.4 is 4.90 Å². The SMILES string of the molecule is CC1(C(=O)O)CCN(c2ccc3cccc(Br)c3n2)C1. The molecule has 1 N–H and O–H groups in total. The molecule has 0 bridgehead atoms. The van der Waals surface area contributed by atoms with E-state index in [-0.39, 0.29) is 0 Å². The fraction of sp³-hybridized carbons (Fsp3) is 0.333. The van der Waals surface area contributed by atoms with Gasteiger partial charge in [0.15, 0.2) is 0 Å². The van der Waals surface area contributed by atoms with Gasteiger partial charge in [0, 0.05) is 22.9 Å². The predicted molar refractivity (Wildman–Crippen MR) is 82.0 cm³/mol. The summed E-state index contributed by atoms with van der Waals surface area (Å²) in [6.07, 6.45) is 0.651. The molecule has 3 rings (SSSR count). The fourth-order valence-electron chi connectivity index (χ4n) is 2.61. The molecule has 1 aliphatic heterocycles. The van der Waals surface area contributed by atoms with E-state index in [2.05, 4.69) is 20.9 Å². The molecule has 1 aliphatic rings. The van der Waals surface area contributed by atoms with Gasteiger partial charge in [0.2, 0.25) is 0 Å². The van der Waals surface area contributed by atoms with Gasteiger partial charge in [-0.2, -0.15) is 0 Å². The van der Waals surface area contributed by atoms with Gasteiger partial charge in [-0.25, -0.2) is 4.98 Å². The van der Waals surface area contributed by atoms with Gasteiger partial charge in [0.1, 0.15) is 5.82 Å². The van der Waals surface area contributed by atoms with E-state index >= 15 is 0 Å². The normalized spacial score (nSPS) is 22.4. The zero-order valence-electron chi connectivity index (χ0n) is 11.1. The van der Waals surface area contributed by atoms with Crippen LogP contribution in [0.5, 0.6) is 0 Å². The largest absolute Gasteiger partial charge is 0.481 e. The van der Waals surface area contributed by atoms with Crippen LogP contribution in [-0.4, -0.2) is 29.1 Å². The second-order valence-corrected chi connectivity index (χ2v) is 6.37. The summed E-state index contributed by atoms with van der Waals surface area (Å²) in [5, 5.41) is 10.4. The van der Waals surface area contributed by atoms with Crippen molar-refractivity contribution in [1.82, 2.24) is 4.98 Å². The molecule has 0 amide bonds. The second-order valence-electron chi connectivity index (χ2n) is 5.52. The van der Waals surface area contributed by atoms with Gasteiger partial charge in [-0.1, -0.05) is 12.1 Å². The standard InChI is InChI=1S/C15H15BrN2O2/c1-15(14(19)20)7-8-18(9-15)12-6-5-10-3-2-4-11(16)13(10)17-12/h2-6H,7-9H2,1H3,(H,19,20). The molecule has 1 atom stereocenters. The number of aromatic nitrogens is 1. The molecule has 2 heterocycles. The van der Waals surface area contributed by atoms with Crippen molar-refractivity contribution in [3.8, 4) is 0 Å². The number of carboxylic acids is 1. The monoisotopic (exact) mass is 334 g/mol. The lowest BCUT2D eigenvalue weighted by Gasteiger charge is -2.21. The van der Waals surface area contributed by atoms with E-state index in [1.807, 2.05) is 35.2 Å². The summed E-state index contributed by atoms with van der Waals surface area (Å²) >= 11 is 3.51. The fourth-order valence-corrected chi connectivity index (χ4v) is 3.08. The smallest absolute Gasteiger partial charge is 0.311 e. The molecule has 0 saturated carbocycles. The lowest BCUT2D eigenvalue weighted by atomic mass is 9.90. The van der Waals surface area contributed by atoms with Crippen LogP contribution in [0.15, 0.2) is 34.8 Å². The van der Waals surface area contributed by atoms with Crippen LogP contribution in [0.4, 0.5) is 5.82 Å². The van der Waals surface area contributed by atoms with Crippen molar-refractivity contribution in [3.63, 3.8) is 0 Å². The number of nitrogens with zero attached hydrogens (tertiary/aromatic N) is 2. The molecule has 1 unspecified atom stereocenters. The Bertz CT molecular complexity index is 689. The summed E-state index contributed by atoms with van der Waals surface area (Å²) in [5.41, 5.74) is 0.235. The van der Waals surface area contributed by atoms with Crippen LogP contribution in [0.3, 0.4) is 0 Å². The number of hydrogen-bond donors (Lipinski definition) is 1. The molecule has 2 aromatic rings. The number of para-hydroxylation sites is 1. The minimum Gasteiger partial charge on any atom is -0.481 e. The maximum Gasteiger partial charge on any atom is 0.311 e. The zero-order valence-corrected chi connectivity index (χ0v) is 12.7. The van der Waals surface area contributed by atoms with E-state index < -0.39 is 11.4 Å². The first-order valence-electron chi connectivity index (χ1n) is 6.53. The summed E-state index contributed by atoms with van der Waals surface area (Å²) in [4.78, 5) is 18.0. The topological polar surface area (TPSA) is 53.4 Å². The maximum absolute atomic E-state index is 11.3. The van der Waals surface area contributed by atoms with Gasteiger partial charge < -0.3 is 10.0 Å². The summed E-state index contributed by atoms with van der Waals surface area (Å²) in [6.45, 7) is 3.03. The van der Waals surface area contributed by atoms with E-state index in [1.54, 1.807) is 6.92 Å². The van der Waals surface area contributed by atoms with Crippen molar-refractivity contribution in [3.05, 3.63) is 34.8 Å². The number of halogens is 1. The molecule has 0 aliphatic carbocycles. The molecule has 20 heavy (non-hydrogen) atoms. The number of fused-ring (bicyclic) bond motifs is 1. The van der Waals surface area contributed by atoms with E-state index in [9.17, 15) is 9.90 Å². The first-order chi connectivity index (χ1) is 9.49. The molecule has 0 spiro atoms. The third-order valence-electron chi connectivity index (χ3n) is 3.97. The molecule has 1 saturated heterocycles. The molecular formula is C15H15BrN2O2. The first-order valence-corrected chi connectivity index (χ1v) is 7.32. The molecule has 5 heteroatoms. The average Bonchev–Trinajstić information content (AvgIpc) is 2.83. The van der Waals surface area contributed by atoms with Crippen LogP contribution in [0, 0.1) is 5.41 Å². The zero-order chi connectivity index (χ0) is 14.3. The third-order valence-corrected chi connectivity index (χ3v) is 4.61. The highest BCUT2D eigenvalue weighted by molar-refractivity contribution is 9.10. The lowest BCUT2D eigenvalue weighted by Crippen LogP contribution is -2.31. The second kappa shape index (κ2) is 4.74. The van der Waals surface area contributed by atoms with Crippen LogP contribution in [0.2, 0.25) is 0 Å². The molecule has 1 fully saturated rings. The van der Waals surface area contributed by atoms with Gasteiger partial charge in [0.05, 0.1) is 10.9 Å². The lowest BCUT2D eigenvalue weighted by molar-refractivity contribution is -0.146. The summed E-state index contributed by atoms with van der Waals surface area (Å²) in [7, 11) is 0. The van der Waals surface area contributed by atoms with Crippen molar-refractivity contribution >= 4 is 38.6 Å². The van der Waals surface area contributed by atoms with Crippen LogP contribution in [0.1, 0.15) is 13.3 Å². The van der Waals surface area contributed by atoms with Crippen LogP contribution in [-0.2, 0) is 4.79 Å². The Morgan fingerprint density at radius 2 is 2.20 bits per heavy atom. The highest BCUT2D eigenvalue weighted by Gasteiger charge is 2.40. The van der Waals surface area contributed by atoms with Crippen molar-refractivity contribution < 1.29 is 9.90 Å². The highest BCUT2D eigenvalue weighted by Crippen LogP contribution is 2.34. The molecular weight excluding hydrogens is 320 g/mol. The van der Waals surface area contributed by atoms with Crippen molar-refractivity contribution in [2.75, 3.05) is 18.0 Å². The number of hydrogen-bond acceptors (Lipinski definition) is 3. The number of benzene rings is 1. The van der Waals surface area contributed by atoms with Crippen LogP contribution in [0.25, 0.3) is 10.9 Å². The summed E-state index contributed by atoms with van der Waals surface area (Å²) in [5.74, 6) is 0.108. The Morgan fingerprint density at radius 1 is 1.40 bits per heavy atom. The number of aliphatic carboxylic acids is 1. The Kier molecular flexibility index (Phi) is 3.17. The Hall–Kier alpha value is -1.62. The Labute approximate surface area is 125 Å². The molecule has 1 aromatic carbocycles. The van der Waals surface area contributed by atoms with E-state index in [0.717, 1.165) is 27.7 Å². The van der Waals surface area contributed by atoms with E-state index in [4.69, 9.17) is 0 Å². The van der Waals surface area contributed by atoms with Gasteiger partial charge in [-0.05, 0) is 47.5 Å². The predicted octanol–water partition coefficient (Wildman–Crippen LogP) is 3.30. The molecule has 104 valence electrons. The number of rotatable bonds is 2. The maximum atomic E-state index is 11.3. The van der Waals surface area contributed by atoms with Crippen molar-refractivity contribution in [1.29, 1.82) is 0 Å². The number of pyridine rings is 1. The first kappa shape index (κ1) is 13.4. The molecule has 4 nitrogen and oxygen atoms in total. The molecule has 0 radical (unpaired) electrons.